The van der Waals surface area contributed by atoms with Crippen molar-refractivity contribution < 1.29 is 19.4 Å². The van der Waals surface area contributed by atoms with Gasteiger partial charge in [-0.05, 0) is 30.7 Å². The molecule has 4 heteroatoms. The van der Waals surface area contributed by atoms with Gasteiger partial charge < -0.3 is 14.6 Å². The Kier molecular flexibility index (Phi) is 5.60. The van der Waals surface area contributed by atoms with Crippen LogP contribution in [0.3, 0.4) is 0 Å². The summed E-state index contributed by atoms with van der Waals surface area (Å²) in [4.78, 5) is 10.5. The lowest BCUT2D eigenvalue weighted by molar-refractivity contribution is -0.137. The molecular formula is C18H18O4. The second kappa shape index (κ2) is 7.88. The molecule has 4 nitrogen and oxygen atoms in total. The summed E-state index contributed by atoms with van der Waals surface area (Å²) in [5, 5.41) is 8.61. The fourth-order valence-electron chi connectivity index (χ4n) is 1.90. The smallest absolute Gasteiger partial charge is 0.303 e. The summed E-state index contributed by atoms with van der Waals surface area (Å²) in [6, 6.07) is 16.9. The largest absolute Gasteiger partial charge is 0.493 e. The number of carbonyl (C=O) groups is 1. The summed E-state index contributed by atoms with van der Waals surface area (Å²) in [5.74, 6) is 1.02. The number of hydrogen-bond donors (Lipinski definition) is 1. The molecule has 0 heterocycles. The van der Waals surface area contributed by atoms with E-state index in [4.69, 9.17) is 14.6 Å². The van der Waals surface area contributed by atoms with Crippen LogP contribution in [-0.2, 0) is 9.53 Å². The minimum Gasteiger partial charge on any atom is -0.493 e. The first kappa shape index (κ1) is 15.6. The molecular weight excluding hydrogens is 280 g/mol. The third kappa shape index (κ3) is 4.66. The van der Waals surface area contributed by atoms with Crippen molar-refractivity contribution in [3.8, 4) is 11.5 Å². The zero-order valence-corrected chi connectivity index (χ0v) is 12.2. The Labute approximate surface area is 129 Å². The van der Waals surface area contributed by atoms with Gasteiger partial charge in [0.15, 0.2) is 0 Å². The number of para-hydroxylation sites is 2. The maximum Gasteiger partial charge on any atom is 0.303 e. The normalized spacial score (nSPS) is 10.0. The Morgan fingerprint density at radius 2 is 1.73 bits per heavy atom. The van der Waals surface area contributed by atoms with E-state index >= 15 is 0 Å². The number of hydrogen-bond acceptors (Lipinski definition) is 3. The van der Waals surface area contributed by atoms with E-state index in [1.54, 1.807) is 0 Å². The average molecular weight is 298 g/mol. The lowest BCUT2D eigenvalue weighted by Crippen LogP contribution is -2.00. The molecule has 2 aromatic rings. The van der Waals surface area contributed by atoms with E-state index in [2.05, 4.69) is 6.58 Å². The zero-order chi connectivity index (χ0) is 15.8. The van der Waals surface area contributed by atoms with Crippen molar-refractivity contribution in [2.75, 3.05) is 6.61 Å². The average Bonchev–Trinajstić information content (AvgIpc) is 2.53. The van der Waals surface area contributed by atoms with Crippen LogP contribution in [0.2, 0.25) is 0 Å². The molecule has 22 heavy (non-hydrogen) atoms. The van der Waals surface area contributed by atoms with Gasteiger partial charge in [-0.25, -0.2) is 0 Å². The van der Waals surface area contributed by atoms with Crippen LogP contribution in [0, 0.1) is 0 Å². The van der Waals surface area contributed by atoms with Crippen molar-refractivity contribution in [2.45, 2.75) is 12.8 Å². The minimum absolute atomic E-state index is 0.0788. The first-order valence-corrected chi connectivity index (χ1v) is 7.02. The lowest BCUT2D eigenvalue weighted by Gasteiger charge is -2.14. The van der Waals surface area contributed by atoms with Crippen LogP contribution in [0.5, 0.6) is 11.5 Å². The standard InChI is InChI=1S/C18H18O4/c1-14(21-13-7-12-18(19)20)16-10-5-6-11-17(16)22-15-8-3-2-4-9-15/h2-6,8-11H,1,7,12-13H2,(H,19,20). The maximum atomic E-state index is 10.5. The number of aliphatic carboxylic acids is 1. The highest BCUT2D eigenvalue weighted by Crippen LogP contribution is 2.29. The number of benzene rings is 2. The van der Waals surface area contributed by atoms with Gasteiger partial charge in [0.05, 0.1) is 12.2 Å². The minimum atomic E-state index is -0.831. The van der Waals surface area contributed by atoms with E-state index in [1.807, 2.05) is 54.6 Å². The van der Waals surface area contributed by atoms with E-state index < -0.39 is 5.97 Å². The molecule has 0 saturated heterocycles. The molecule has 0 bridgehead atoms. The lowest BCUT2D eigenvalue weighted by atomic mass is 10.1. The molecule has 0 aliphatic carbocycles. The Hall–Kier alpha value is -2.75. The predicted octanol–water partition coefficient (Wildman–Crippen LogP) is 4.33. The highest BCUT2D eigenvalue weighted by atomic mass is 16.5. The molecule has 114 valence electrons. The van der Waals surface area contributed by atoms with E-state index in [-0.39, 0.29) is 6.42 Å². The molecule has 0 saturated carbocycles. The van der Waals surface area contributed by atoms with Crippen molar-refractivity contribution in [3.05, 3.63) is 66.7 Å². The third-order valence-corrected chi connectivity index (χ3v) is 2.97. The van der Waals surface area contributed by atoms with Gasteiger partial charge in [-0.2, -0.15) is 0 Å². The van der Waals surface area contributed by atoms with Crippen LogP contribution >= 0.6 is 0 Å². The van der Waals surface area contributed by atoms with Crippen LogP contribution in [0.4, 0.5) is 0 Å². The maximum absolute atomic E-state index is 10.5. The molecule has 0 atom stereocenters. The van der Waals surface area contributed by atoms with E-state index in [1.165, 1.54) is 0 Å². The summed E-state index contributed by atoms with van der Waals surface area (Å²) in [5.41, 5.74) is 0.752. The van der Waals surface area contributed by atoms with Crippen LogP contribution in [0.25, 0.3) is 5.76 Å². The second-order valence-electron chi connectivity index (χ2n) is 4.68. The summed E-state index contributed by atoms with van der Waals surface area (Å²) >= 11 is 0. The third-order valence-electron chi connectivity index (χ3n) is 2.97. The van der Waals surface area contributed by atoms with Crippen LogP contribution in [0.1, 0.15) is 18.4 Å². The van der Waals surface area contributed by atoms with Crippen molar-refractivity contribution in [3.63, 3.8) is 0 Å². The number of carboxylic acid groups (broad SMARTS) is 1. The van der Waals surface area contributed by atoms with E-state index in [0.717, 1.165) is 11.3 Å². The monoisotopic (exact) mass is 298 g/mol. The molecule has 2 rings (SSSR count). The van der Waals surface area contributed by atoms with Crippen molar-refractivity contribution >= 4 is 11.7 Å². The molecule has 2 aromatic carbocycles. The quantitative estimate of drug-likeness (QED) is 0.582. The van der Waals surface area contributed by atoms with Gasteiger partial charge >= 0.3 is 5.97 Å². The van der Waals surface area contributed by atoms with Crippen molar-refractivity contribution in [1.82, 2.24) is 0 Å². The Bertz CT molecular complexity index is 635. The van der Waals surface area contributed by atoms with Crippen LogP contribution in [0.15, 0.2) is 61.2 Å². The fraction of sp³-hybridized carbons (Fsp3) is 0.167. The molecule has 0 aromatic heterocycles. The summed E-state index contributed by atoms with van der Waals surface area (Å²) < 4.78 is 11.4. The van der Waals surface area contributed by atoms with Gasteiger partial charge in [-0.15, -0.1) is 0 Å². The number of ether oxygens (including phenoxy) is 2. The zero-order valence-electron chi connectivity index (χ0n) is 12.2. The molecule has 0 spiro atoms. The summed E-state index contributed by atoms with van der Waals surface area (Å²) in [7, 11) is 0. The molecule has 0 unspecified atom stereocenters. The predicted molar refractivity (Wildman–Crippen MR) is 84.8 cm³/mol. The molecule has 1 N–H and O–H groups in total. The number of carboxylic acids is 1. The van der Waals surface area contributed by atoms with Gasteiger partial charge in [0.25, 0.3) is 0 Å². The topological polar surface area (TPSA) is 55.8 Å². The number of rotatable bonds is 8. The van der Waals surface area contributed by atoms with Crippen LogP contribution < -0.4 is 4.74 Å². The van der Waals surface area contributed by atoms with E-state index in [0.29, 0.717) is 24.5 Å². The Morgan fingerprint density at radius 3 is 2.45 bits per heavy atom. The van der Waals surface area contributed by atoms with Crippen molar-refractivity contribution in [1.29, 1.82) is 0 Å². The molecule has 0 fully saturated rings. The molecule has 0 amide bonds. The van der Waals surface area contributed by atoms with Crippen molar-refractivity contribution in [2.24, 2.45) is 0 Å². The van der Waals surface area contributed by atoms with Crippen LogP contribution in [-0.4, -0.2) is 17.7 Å². The van der Waals surface area contributed by atoms with Gasteiger partial charge in [0.1, 0.15) is 17.3 Å². The molecule has 0 aliphatic rings. The first-order chi connectivity index (χ1) is 10.7. The van der Waals surface area contributed by atoms with Gasteiger partial charge in [0.2, 0.25) is 0 Å². The summed E-state index contributed by atoms with van der Waals surface area (Å²) in [6.45, 7) is 4.20. The summed E-state index contributed by atoms with van der Waals surface area (Å²) in [6.07, 6.45) is 0.519. The van der Waals surface area contributed by atoms with Gasteiger partial charge in [0, 0.05) is 6.42 Å². The van der Waals surface area contributed by atoms with Gasteiger partial charge in [-0.1, -0.05) is 36.9 Å². The molecule has 0 radical (unpaired) electrons. The second-order valence-corrected chi connectivity index (χ2v) is 4.68. The highest BCUT2D eigenvalue weighted by Gasteiger charge is 2.09. The SMILES string of the molecule is C=C(OCCCC(=O)O)c1ccccc1Oc1ccccc1. The Morgan fingerprint density at radius 1 is 1.05 bits per heavy atom. The first-order valence-electron chi connectivity index (χ1n) is 7.02. The fourth-order valence-corrected chi connectivity index (χ4v) is 1.90. The van der Waals surface area contributed by atoms with Gasteiger partial charge in [-0.3, -0.25) is 4.79 Å². The molecule has 0 aliphatic heterocycles. The Balaban J connectivity index is 2.01. The highest BCUT2D eigenvalue weighted by molar-refractivity contribution is 5.66. The van der Waals surface area contributed by atoms with E-state index in [9.17, 15) is 4.79 Å².